The fourth-order valence-corrected chi connectivity index (χ4v) is 3.42. The molecule has 0 aliphatic rings. The second kappa shape index (κ2) is 6.57. The van der Waals surface area contributed by atoms with E-state index in [-0.39, 0.29) is 10.6 Å². The van der Waals surface area contributed by atoms with Crippen LogP contribution in [0.2, 0.25) is 0 Å². The molecule has 2 aromatic carbocycles. The third kappa shape index (κ3) is 3.54. The number of halogens is 1. The van der Waals surface area contributed by atoms with Crippen molar-refractivity contribution in [3.8, 4) is 23.0 Å². The molecule has 0 radical (unpaired) electrons. The normalized spacial score (nSPS) is 11.1. The lowest BCUT2D eigenvalue weighted by Crippen LogP contribution is -2.12. The SMILES string of the molecule is COc1ccc(Br)cc1S(=O)(=O)Oc1cc(C(=O)O)cc(O)c1O. The maximum Gasteiger partial charge on any atom is 0.343 e. The van der Waals surface area contributed by atoms with Crippen molar-refractivity contribution in [2.45, 2.75) is 4.90 Å². The first kappa shape index (κ1) is 17.9. The Kier molecular flexibility index (Phi) is 4.90. The van der Waals surface area contributed by atoms with E-state index in [9.17, 15) is 23.4 Å². The van der Waals surface area contributed by atoms with Crippen LogP contribution in [-0.4, -0.2) is 36.8 Å². The van der Waals surface area contributed by atoms with Gasteiger partial charge in [0, 0.05) is 10.5 Å². The van der Waals surface area contributed by atoms with Crippen molar-refractivity contribution in [1.29, 1.82) is 0 Å². The number of rotatable bonds is 5. The van der Waals surface area contributed by atoms with Gasteiger partial charge in [0.25, 0.3) is 0 Å². The Morgan fingerprint density at radius 2 is 1.79 bits per heavy atom. The van der Waals surface area contributed by atoms with Crippen LogP contribution in [0.15, 0.2) is 39.7 Å². The summed E-state index contributed by atoms with van der Waals surface area (Å²) >= 11 is 3.12. The summed E-state index contributed by atoms with van der Waals surface area (Å²) in [5.41, 5.74) is -0.461. The van der Waals surface area contributed by atoms with E-state index in [0.29, 0.717) is 4.47 Å². The van der Waals surface area contributed by atoms with Gasteiger partial charge in [0.1, 0.15) is 10.6 Å². The Bertz CT molecular complexity index is 907. The maximum atomic E-state index is 12.4. The molecule has 10 heteroatoms. The van der Waals surface area contributed by atoms with E-state index < -0.39 is 38.9 Å². The van der Waals surface area contributed by atoms with Gasteiger partial charge in [-0.1, -0.05) is 15.9 Å². The Balaban J connectivity index is 2.55. The van der Waals surface area contributed by atoms with E-state index in [4.69, 9.17) is 14.0 Å². The zero-order valence-electron chi connectivity index (χ0n) is 12.1. The summed E-state index contributed by atoms with van der Waals surface area (Å²) in [6.07, 6.45) is 0. The highest BCUT2D eigenvalue weighted by Crippen LogP contribution is 2.39. The second-order valence-corrected chi connectivity index (χ2v) is 6.91. The Morgan fingerprint density at radius 1 is 1.12 bits per heavy atom. The standard InChI is InChI=1S/C14H11BrO8S/c1-22-10-3-2-8(15)6-12(10)24(20,21)23-11-5-7(14(18)19)4-9(16)13(11)17/h2-6,16-17H,1H3,(H,18,19). The van der Waals surface area contributed by atoms with Gasteiger partial charge in [-0.3, -0.25) is 0 Å². The van der Waals surface area contributed by atoms with Crippen LogP contribution in [0.5, 0.6) is 23.0 Å². The molecule has 0 bridgehead atoms. The van der Waals surface area contributed by atoms with Gasteiger partial charge in [0.05, 0.1) is 12.7 Å². The molecule has 0 heterocycles. The van der Waals surface area contributed by atoms with E-state index in [1.165, 1.54) is 19.2 Å². The first-order valence-corrected chi connectivity index (χ1v) is 8.43. The van der Waals surface area contributed by atoms with Crippen molar-refractivity contribution < 1.29 is 37.5 Å². The monoisotopic (exact) mass is 418 g/mol. The molecule has 0 aliphatic carbocycles. The summed E-state index contributed by atoms with van der Waals surface area (Å²) in [6, 6.07) is 5.68. The lowest BCUT2D eigenvalue weighted by atomic mass is 10.2. The third-order valence-electron chi connectivity index (χ3n) is 2.90. The lowest BCUT2D eigenvalue weighted by Gasteiger charge is -2.13. The predicted molar refractivity (Wildman–Crippen MR) is 85.2 cm³/mol. The van der Waals surface area contributed by atoms with Crippen LogP contribution in [0.3, 0.4) is 0 Å². The number of hydrogen-bond acceptors (Lipinski definition) is 7. The van der Waals surface area contributed by atoms with Gasteiger partial charge >= 0.3 is 16.1 Å². The van der Waals surface area contributed by atoms with E-state index in [0.717, 1.165) is 12.1 Å². The molecule has 0 unspecified atom stereocenters. The number of methoxy groups -OCH3 is 1. The molecule has 2 rings (SSSR count). The molecule has 2 aromatic rings. The van der Waals surface area contributed by atoms with Crippen molar-refractivity contribution in [2.24, 2.45) is 0 Å². The van der Waals surface area contributed by atoms with Gasteiger partial charge in [0.15, 0.2) is 11.5 Å². The molecule has 0 aromatic heterocycles. The molecule has 0 atom stereocenters. The number of phenolic OH excluding ortho intramolecular Hbond substituents is 2. The number of benzene rings is 2. The summed E-state index contributed by atoms with van der Waals surface area (Å²) in [6.45, 7) is 0. The molecular weight excluding hydrogens is 408 g/mol. The maximum absolute atomic E-state index is 12.4. The first-order valence-electron chi connectivity index (χ1n) is 6.23. The van der Waals surface area contributed by atoms with Crippen LogP contribution in [0, 0.1) is 0 Å². The molecule has 0 saturated heterocycles. The molecule has 0 amide bonds. The highest BCUT2D eigenvalue weighted by atomic mass is 79.9. The van der Waals surface area contributed by atoms with Crippen molar-refractivity contribution in [3.05, 3.63) is 40.4 Å². The average molecular weight is 419 g/mol. The number of aromatic carboxylic acids is 1. The van der Waals surface area contributed by atoms with E-state index >= 15 is 0 Å². The van der Waals surface area contributed by atoms with Crippen LogP contribution in [0.1, 0.15) is 10.4 Å². The first-order chi connectivity index (χ1) is 11.2. The van der Waals surface area contributed by atoms with Crippen LogP contribution >= 0.6 is 15.9 Å². The number of carbonyl (C=O) groups is 1. The molecule has 24 heavy (non-hydrogen) atoms. The van der Waals surface area contributed by atoms with Gasteiger partial charge in [-0.25, -0.2) is 4.79 Å². The van der Waals surface area contributed by atoms with Gasteiger partial charge < -0.3 is 24.2 Å². The molecule has 0 spiro atoms. The summed E-state index contributed by atoms with van der Waals surface area (Å²) in [7, 11) is -3.22. The van der Waals surface area contributed by atoms with Crippen molar-refractivity contribution in [2.75, 3.05) is 7.11 Å². The Labute approximate surface area is 145 Å². The van der Waals surface area contributed by atoms with Crippen molar-refractivity contribution in [1.82, 2.24) is 0 Å². The number of ether oxygens (including phenoxy) is 1. The molecule has 128 valence electrons. The lowest BCUT2D eigenvalue weighted by molar-refractivity contribution is 0.0696. The van der Waals surface area contributed by atoms with Gasteiger partial charge in [0.2, 0.25) is 5.75 Å². The summed E-state index contributed by atoms with van der Waals surface area (Å²) in [4.78, 5) is 10.6. The number of carboxylic acid groups (broad SMARTS) is 1. The molecule has 8 nitrogen and oxygen atoms in total. The fraction of sp³-hybridized carbons (Fsp3) is 0.0714. The van der Waals surface area contributed by atoms with Crippen LogP contribution in [-0.2, 0) is 10.1 Å². The third-order valence-corrected chi connectivity index (χ3v) is 4.65. The minimum atomic E-state index is -4.48. The zero-order chi connectivity index (χ0) is 18.1. The molecule has 0 fully saturated rings. The summed E-state index contributed by atoms with van der Waals surface area (Å²) in [5.74, 6) is -3.92. The molecular formula is C14H11BrO8S. The zero-order valence-corrected chi connectivity index (χ0v) is 14.5. The van der Waals surface area contributed by atoms with Gasteiger partial charge in [-0.2, -0.15) is 8.42 Å². The molecule has 3 N–H and O–H groups in total. The van der Waals surface area contributed by atoms with Crippen LogP contribution in [0.4, 0.5) is 0 Å². The summed E-state index contributed by atoms with van der Waals surface area (Å²) in [5, 5.41) is 28.2. The topological polar surface area (TPSA) is 130 Å². The summed E-state index contributed by atoms with van der Waals surface area (Å²) < 4.78 is 35.0. The second-order valence-electron chi connectivity index (χ2n) is 4.48. The van der Waals surface area contributed by atoms with Crippen LogP contribution in [0.25, 0.3) is 0 Å². The number of hydrogen-bond donors (Lipinski definition) is 3. The Morgan fingerprint density at radius 3 is 2.38 bits per heavy atom. The van der Waals surface area contributed by atoms with E-state index in [2.05, 4.69) is 15.9 Å². The van der Waals surface area contributed by atoms with Crippen molar-refractivity contribution in [3.63, 3.8) is 0 Å². The van der Waals surface area contributed by atoms with Gasteiger partial charge in [-0.15, -0.1) is 0 Å². The van der Waals surface area contributed by atoms with Crippen molar-refractivity contribution >= 4 is 32.0 Å². The average Bonchev–Trinajstić information content (AvgIpc) is 2.51. The quantitative estimate of drug-likeness (QED) is 0.497. The minimum absolute atomic E-state index is 0.0173. The molecule has 0 aliphatic heterocycles. The highest BCUT2D eigenvalue weighted by Gasteiger charge is 2.25. The fourth-order valence-electron chi connectivity index (χ4n) is 1.79. The van der Waals surface area contributed by atoms with Crippen LogP contribution < -0.4 is 8.92 Å². The van der Waals surface area contributed by atoms with E-state index in [1.807, 2.05) is 0 Å². The number of aromatic hydroxyl groups is 2. The number of carboxylic acids is 1. The molecule has 0 saturated carbocycles. The largest absolute Gasteiger partial charge is 0.504 e. The van der Waals surface area contributed by atoms with E-state index in [1.54, 1.807) is 6.07 Å². The smallest absolute Gasteiger partial charge is 0.343 e. The predicted octanol–water partition coefficient (Wildman–Crippen LogP) is 2.33. The number of phenols is 2. The minimum Gasteiger partial charge on any atom is -0.504 e. The van der Waals surface area contributed by atoms with Gasteiger partial charge in [-0.05, 0) is 24.3 Å². The Hall–Kier alpha value is -2.46. The highest BCUT2D eigenvalue weighted by molar-refractivity contribution is 9.10.